The van der Waals surface area contributed by atoms with Gasteiger partial charge in [-0.15, -0.1) is 0 Å². The van der Waals surface area contributed by atoms with Gasteiger partial charge in [0.2, 0.25) is 0 Å². The fourth-order valence-corrected chi connectivity index (χ4v) is 3.24. The number of halogens is 1. The number of nitrogens with zero attached hydrogens (tertiary/aromatic N) is 2. The number of aryl methyl sites for hydroxylation is 2. The van der Waals surface area contributed by atoms with Crippen LogP contribution >= 0.6 is 11.6 Å². The predicted molar refractivity (Wildman–Crippen MR) is 92.0 cm³/mol. The SMILES string of the molecule is CCCCC(CC)C(Cc1c(Cl)c(C)nn1C)NCCC. The summed E-state index contributed by atoms with van der Waals surface area (Å²) in [6, 6.07) is 0.494. The van der Waals surface area contributed by atoms with Gasteiger partial charge in [-0.25, -0.2) is 0 Å². The Labute approximate surface area is 135 Å². The minimum Gasteiger partial charge on any atom is -0.313 e. The third kappa shape index (κ3) is 5.30. The average molecular weight is 314 g/mol. The van der Waals surface area contributed by atoms with E-state index in [9.17, 15) is 0 Å². The van der Waals surface area contributed by atoms with E-state index in [2.05, 4.69) is 31.2 Å². The topological polar surface area (TPSA) is 29.9 Å². The molecule has 0 aliphatic carbocycles. The summed E-state index contributed by atoms with van der Waals surface area (Å²) in [5.41, 5.74) is 2.10. The zero-order valence-electron chi connectivity index (χ0n) is 14.4. The molecule has 3 nitrogen and oxygen atoms in total. The molecule has 122 valence electrons. The Balaban J connectivity index is 2.85. The van der Waals surface area contributed by atoms with Gasteiger partial charge in [0, 0.05) is 19.5 Å². The first-order chi connectivity index (χ1) is 10.0. The van der Waals surface area contributed by atoms with Crippen molar-refractivity contribution in [3.8, 4) is 0 Å². The minimum absolute atomic E-state index is 0.494. The lowest BCUT2D eigenvalue weighted by molar-refractivity contribution is 0.311. The molecule has 2 atom stereocenters. The Hall–Kier alpha value is -0.540. The van der Waals surface area contributed by atoms with Crippen LogP contribution in [0.1, 0.15) is 64.3 Å². The van der Waals surface area contributed by atoms with Gasteiger partial charge in [0.05, 0.1) is 16.4 Å². The van der Waals surface area contributed by atoms with Crippen LogP contribution in [-0.2, 0) is 13.5 Å². The van der Waals surface area contributed by atoms with Crippen molar-refractivity contribution in [2.75, 3.05) is 6.54 Å². The van der Waals surface area contributed by atoms with E-state index < -0.39 is 0 Å². The van der Waals surface area contributed by atoms with Crippen molar-refractivity contribution in [1.29, 1.82) is 0 Å². The third-order valence-corrected chi connectivity index (χ3v) is 4.84. The van der Waals surface area contributed by atoms with Gasteiger partial charge < -0.3 is 5.32 Å². The van der Waals surface area contributed by atoms with Gasteiger partial charge in [-0.1, -0.05) is 51.6 Å². The van der Waals surface area contributed by atoms with Gasteiger partial charge in [-0.2, -0.15) is 5.10 Å². The fraction of sp³-hybridized carbons (Fsp3) is 0.824. The molecule has 0 amide bonds. The molecule has 2 unspecified atom stereocenters. The van der Waals surface area contributed by atoms with Gasteiger partial charge in [0.1, 0.15) is 0 Å². The van der Waals surface area contributed by atoms with Gasteiger partial charge in [-0.3, -0.25) is 4.68 Å². The quantitative estimate of drug-likeness (QED) is 0.689. The van der Waals surface area contributed by atoms with Crippen LogP contribution in [0.5, 0.6) is 0 Å². The molecule has 0 aliphatic rings. The maximum atomic E-state index is 6.43. The van der Waals surface area contributed by atoms with Crippen LogP contribution in [0.15, 0.2) is 0 Å². The van der Waals surface area contributed by atoms with Gasteiger partial charge >= 0.3 is 0 Å². The highest BCUT2D eigenvalue weighted by molar-refractivity contribution is 6.31. The number of aromatic nitrogens is 2. The molecular formula is C17H32ClN3. The van der Waals surface area contributed by atoms with E-state index in [1.165, 1.54) is 32.1 Å². The molecule has 0 aliphatic heterocycles. The Kier molecular flexibility index (Phi) is 8.35. The second kappa shape index (κ2) is 9.47. The summed E-state index contributed by atoms with van der Waals surface area (Å²) in [5, 5.41) is 9.03. The first-order valence-corrected chi connectivity index (χ1v) is 8.84. The van der Waals surface area contributed by atoms with Crippen LogP contribution in [0.4, 0.5) is 0 Å². The Bertz CT molecular complexity index is 414. The summed E-state index contributed by atoms with van der Waals surface area (Å²) in [7, 11) is 2.00. The highest BCUT2D eigenvalue weighted by Crippen LogP contribution is 2.25. The zero-order valence-corrected chi connectivity index (χ0v) is 15.1. The van der Waals surface area contributed by atoms with Crippen LogP contribution in [-0.4, -0.2) is 22.4 Å². The molecule has 0 radical (unpaired) electrons. The van der Waals surface area contributed by atoms with Crippen LogP contribution < -0.4 is 5.32 Å². The molecule has 1 aromatic heterocycles. The number of nitrogens with one attached hydrogen (secondary N) is 1. The van der Waals surface area contributed by atoms with Crippen LogP contribution in [0.2, 0.25) is 5.02 Å². The molecule has 0 aromatic carbocycles. The third-order valence-electron chi connectivity index (χ3n) is 4.35. The van der Waals surface area contributed by atoms with Crippen LogP contribution in [0, 0.1) is 12.8 Å². The maximum Gasteiger partial charge on any atom is 0.0847 e. The molecule has 0 bridgehead atoms. The molecule has 21 heavy (non-hydrogen) atoms. The Morgan fingerprint density at radius 2 is 1.95 bits per heavy atom. The Morgan fingerprint density at radius 1 is 1.24 bits per heavy atom. The lowest BCUT2D eigenvalue weighted by atomic mass is 9.88. The fourth-order valence-electron chi connectivity index (χ4n) is 3.00. The molecule has 0 saturated heterocycles. The zero-order chi connectivity index (χ0) is 15.8. The van der Waals surface area contributed by atoms with E-state index in [0.717, 1.165) is 29.4 Å². The predicted octanol–water partition coefficient (Wildman–Crippen LogP) is 4.51. The van der Waals surface area contributed by atoms with E-state index in [1.54, 1.807) is 0 Å². The van der Waals surface area contributed by atoms with Gasteiger partial charge in [0.25, 0.3) is 0 Å². The highest BCUT2D eigenvalue weighted by Gasteiger charge is 2.23. The largest absolute Gasteiger partial charge is 0.313 e. The molecule has 1 rings (SSSR count). The van der Waals surface area contributed by atoms with Gasteiger partial charge in [-0.05, 0) is 32.2 Å². The lowest BCUT2D eigenvalue weighted by Gasteiger charge is -2.27. The minimum atomic E-state index is 0.494. The monoisotopic (exact) mass is 313 g/mol. The number of unbranched alkanes of at least 4 members (excludes halogenated alkanes) is 1. The molecule has 1 heterocycles. The number of hydrogen-bond acceptors (Lipinski definition) is 2. The van der Waals surface area contributed by atoms with Crippen LogP contribution in [0.3, 0.4) is 0 Å². The summed E-state index contributed by atoms with van der Waals surface area (Å²) < 4.78 is 1.95. The summed E-state index contributed by atoms with van der Waals surface area (Å²) >= 11 is 6.43. The summed E-state index contributed by atoms with van der Waals surface area (Å²) in [6.07, 6.45) is 7.22. The Morgan fingerprint density at radius 3 is 2.43 bits per heavy atom. The first kappa shape index (κ1) is 18.5. The van der Waals surface area contributed by atoms with Crippen molar-refractivity contribution < 1.29 is 0 Å². The smallest absolute Gasteiger partial charge is 0.0847 e. The van der Waals surface area contributed by atoms with E-state index >= 15 is 0 Å². The van der Waals surface area contributed by atoms with Crippen molar-refractivity contribution in [3.63, 3.8) is 0 Å². The van der Waals surface area contributed by atoms with Crippen LogP contribution in [0.25, 0.3) is 0 Å². The standard InChI is InChI=1S/C17H32ClN3/c1-6-9-10-14(8-3)15(19-11-7-2)12-16-17(18)13(4)20-21(16)5/h14-15,19H,6-12H2,1-5H3. The first-order valence-electron chi connectivity index (χ1n) is 8.46. The van der Waals surface area contributed by atoms with E-state index in [4.69, 9.17) is 11.6 Å². The van der Waals surface area contributed by atoms with Crippen molar-refractivity contribution in [3.05, 3.63) is 16.4 Å². The molecule has 0 spiro atoms. The highest BCUT2D eigenvalue weighted by atomic mass is 35.5. The second-order valence-corrected chi connectivity index (χ2v) is 6.42. The van der Waals surface area contributed by atoms with Crippen molar-refractivity contribution in [1.82, 2.24) is 15.1 Å². The molecule has 0 fully saturated rings. The van der Waals surface area contributed by atoms with E-state index in [0.29, 0.717) is 12.0 Å². The number of rotatable bonds is 10. The normalized spacial score (nSPS) is 14.4. The van der Waals surface area contributed by atoms with Crippen molar-refractivity contribution in [2.24, 2.45) is 13.0 Å². The second-order valence-electron chi connectivity index (χ2n) is 6.04. The lowest BCUT2D eigenvalue weighted by Crippen LogP contribution is -2.39. The molecule has 1 N–H and O–H groups in total. The molecule has 0 saturated carbocycles. The average Bonchev–Trinajstić information content (AvgIpc) is 2.71. The summed E-state index contributed by atoms with van der Waals surface area (Å²) in [5.74, 6) is 0.711. The molecular weight excluding hydrogens is 282 g/mol. The molecule has 1 aromatic rings. The maximum absolute atomic E-state index is 6.43. The summed E-state index contributed by atoms with van der Waals surface area (Å²) in [4.78, 5) is 0. The van der Waals surface area contributed by atoms with Gasteiger partial charge in [0.15, 0.2) is 0 Å². The number of hydrogen-bond donors (Lipinski definition) is 1. The van der Waals surface area contributed by atoms with E-state index in [1.807, 2.05) is 18.7 Å². The van der Waals surface area contributed by atoms with Crippen molar-refractivity contribution in [2.45, 2.75) is 72.3 Å². The summed E-state index contributed by atoms with van der Waals surface area (Å²) in [6.45, 7) is 9.84. The van der Waals surface area contributed by atoms with E-state index in [-0.39, 0.29) is 0 Å². The molecule has 4 heteroatoms. The van der Waals surface area contributed by atoms with Crippen molar-refractivity contribution >= 4 is 11.6 Å².